The van der Waals surface area contributed by atoms with Crippen LogP contribution in [0, 0.1) is 0 Å². The summed E-state index contributed by atoms with van der Waals surface area (Å²) in [4.78, 5) is 0. The zero-order valence-electron chi connectivity index (χ0n) is 1.72. The van der Waals surface area contributed by atoms with Crippen LogP contribution >= 0.6 is 37.2 Å². The molecule has 32 valence electrons. The lowest BCUT2D eigenvalue weighted by Gasteiger charge is -0.412. The zero-order valence-corrected chi connectivity index (χ0v) is 4.17. The summed E-state index contributed by atoms with van der Waals surface area (Å²) in [5, 5.41) is 0. The van der Waals surface area contributed by atoms with Crippen molar-refractivity contribution in [1.29, 1.82) is 0 Å². The van der Waals surface area contributed by atoms with Gasteiger partial charge in [-0.1, -0.05) is 0 Å². The van der Waals surface area contributed by atoms with Gasteiger partial charge in [-0.15, -0.1) is 37.2 Å². The summed E-state index contributed by atoms with van der Waals surface area (Å²) in [6.07, 6.45) is 0. The second-order valence-corrected chi connectivity index (χ2v) is 0. The van der Waals surface area contributed by atoms with Crippen molar-refractivity contribution in [3.8, 4) is 0 Å². The van der Waals surface area contributed by atoms with Crippen LogP contribution in [0.1, 0.15) is 0 Å². The van der Waals surface area contributed by atoms with Crippen molar-refractivity contribution in [1.82, 2.24) is 0 Å². The molecule has 0 aromatic heterocycles. The molecule has 0 saturated heterocycles. The molecule has 1 nitrogen and oxygen atoms in total. The van der Waals surface area contributed by atoms with E-state index in [1.165, 1.54) is 0 Å². The number of rotatable bonds is 0. The van der Waals surface area contributed by atoms with Crippen molar-refractivity contribution in [3.63, 3.8) is 0 Å². The molecule has 2 N–H and O–H groups in total. The Hall–Kier alpha value is 0.830. The molecule has 0 radical (unpaired) electrons. The summed E-state index contributed by atoms with van der Waals surface area (Å²) < 4.78 is 0. The SMILES string of the molecule is Cl.Cl.Cl.O. The maximum absolute atomic E-state index is 0. The molecule has 0 rings (SSSR count). The molecule has 0 saturated carbocycles. The first kappa shape index (κ1) is 103. The van der Waals surface area contributed by atoms with Gasteiger partial charge in [-0.2, -0.15) is 0 Å². The van der Waals surface area contributed by atoms with Crippen molar-refractivity contribution in [3.05, 3.63) is 0 Å². The quantitative estimate of drug-likeness (QED) is 0.452. The van der Waals surface area contributed by atoms with E-state index in [-0.39, 0.29) is 42.7 Å². The molecule has 0 fully saturated rings. The molecule has 0 aliphatic carbocycles. The summed E-state index contributed by atoms with van der Waals surface area (Å²) in [6, 6.07) is 0. The van der Waals surface area contributed by atoms with Gasteiger partial charge in [-0.05, 0) is 0 Å². The molecule has 4 heavy (non-hydrogen) atoms. The van der Waals surface area contributed by atoms with Crippen molar-refractivity contribution < 1.29 is 5.48 Å². The first-order valence-electron chi connectivity index (χ1n) is 0. The van der Waals surface area contributed by atoms with Crippen LogP contribution in [0.3, 0.4) is 0 Å². The summed E-state index contributed by atoms with van der Waals surface area (Å²) in [5.41, 5.74) is 0. The molecule has 0 atom stereocenters. The van der Waals surface area contributed by atoms with Crippen LogP contribution < -0.4 is 0 Å². The molecule has 0 amide bonds. The highest BCUT2D eigenvalue weighted by Crippen LogP contribution is 0.692. The standard InChI is InChI=1S/3ClH.H2O/h3*1H;1H2. The van der Waals surface area contributed by atoms with Crippen LogP contribution in [0.5, 0.6) is 0 Å². The fourth-order valence-corrected chi connectivity index (χ4v) is 0. The first-order valence-corrected chi connectivity index (χ1v) is 0. The Labute approximate surface area is 43.3 Å². The fourth-order valence-electron chi connectivity index (χ4n) is 0. The third kappa shape index (κ3) is 13.8. The maximum Gasteiger partial charge on any atom is -0.147 e. The minimum absolute atomic E-state index is 0. The van der Waals surface area contributed by atoms with Crippen molar-refractivity contribution in [2.24, 2.45) is 0 Å². The molecular formula is H5Cl3O. The van der Waals surface area contributed by atoms with Crippen molar-refractivity contribution in [2.45, 2.75) is 0 Å². The largest absolute Gasteiger partial charge is 0.412 e. The van der Waals surface area contributed by atoms with Crippen LogP contribution in [0.25, 0.3) is 0 Å². The van der Waals surface area contributed by atoms with Gasteiger partial charge < -0.3 is 5.48 Å². The Morgan fingerprint density at radius 3 is 0.500 bits per heavy atom. The Bertz CT molecular complexity index is 3.25. The Kier molecular flexibility index (Phi) is 1140. The predicted octanol–water partition coefficient (Wildman–Crippen LogP) is 0.441. The normalized spacial score (nSPS) is 0. The highest BCUT2D eigenvalue weighted by molar-refractivity contribution is 5.86. The molecular weight excluding hydrogens is 122 g/mol. The topological polar surface area (TPSA) is 31.5 Å². The Morgan fingerprint density at radius 2 is 0.500 bits per heavy atom. The van der Waals surface area contributed by atoms with Crippen molar-refractivity contribution >= 4 is 37.2 Å². The molecule has 0 aliphatic heterocycles. The number of hydrogen-bond donors (Lipinski definition) is 0. The molecule has 0 aromatic rings. The van der Waals surface area contributed by atoms with Crippen LogP contribution in [0.4, 0.5) is 0 Å². The lowest BCUT2D eigenvalue weighted by Crippen LogP contribution is -0.289. The van der Waals surface area contributed by atoms with Crippen LogP contribution in [-0.4, -0.2) is 5.48 Å². The minimum atomic E-state index is 0. The van der Waals surface area contributed by atoms with E-state index in [2.05, 4.69) is 0 Å². The van der Waals surface area contributed by atoms with E-state index in [1.54, 1.807) is 0 Å². The molecule has 4 heteroatoms. The van der Waals surface area contributed by atoms with Gasteiger partial charge in [0, 0.05) is 0 Å². The van der Waals surface area contributed by atoms with Crippen molar-refractivity contribution in [2.75, 3.05) is 0 Å². The van der Waals surface area contributed by atoms with Crippen LogP contribution in [0.2, 0.25) is 0 Å². The lowest BCUT2D eigenvalue weighted by molar-refractivity contribution is 0.824. The van der Waals surface area contributed by atoms with Crippen LogP contribution in [0.15, 0.2) is 0 Å². The monoisotopic (exact) mass is 126 g/mol. The predicted molar refractivity (Wildman–Crippen MR) is 25.4 cm³/mol. The Morgan fingerprint density at radius 1 is 0.500 bits per heavy atom. The van der Waals surface area contributed by atoms with E-state index in [9.17, 15) is 0 Å². The van der Waals surface area contributed by atoms with E-state index in [0.29, 0.717) is 0 Å². The summed E-state index contributed by atoms with van der Waals surface area (Å²) in [5.74, 6) is 0. The van der Waals surface area contributed by atoms with Gasteiger partial charge in [0.05, 0.1) is 0 Å². The highest BCUT2D eigenvalue weighted by atomic mass is 35.5. The molecule has 0 aliphatic rings. The highest BCUT2D eigenvalue weighted by Gasteiger charge is -0.145. The second-order valence-electron chi connectivity index (χ2n) is 0. The van der Waals surface area contributed by atoms with Gasteiger partial charge >= 0.3 is 0 Å². The van der Waals surface area contributed by atoms with Gasteiger partial charge in [-0.3, -0.25) is 0 Å². The molecule has 0 bridgehead atoms. The summed E-state index contributed by atoms with van der Waals surface area (Å²) >= 11 is 0. The van der Waals surface area contributed by atoms with Gasteiger partial charge in [0.2, 0.25) is 0 Å². The van der Waals surface area contributed by atoms with Gasteiger partial charge in [-0.25, -0.2) is 0 Å². The molecule has 0 unspecified atom stereocenters. The third-order valence-electron chi connectivity index (χ3n) is 0. The van der Waals surface area contributed by atoms with Gasteiger partial charge in [0.25, 0.3) is 0 Å². The Balaban J connectivity index is 0. The van der Waals surface area contributed by atoms with E-state index in [1.807, 2.05) is 0 Å². The number of hydrogen-bond acceptors (Lipinski definition) is 0. The van der Waals surface area contributed by atoms with E-state index in [4.69, 9.17) is 0 Å². The molecule has 0 heterocycles. The van der Waals surface area contributed by atoms with E-state index >= 15 is 0 Å². The zero-order chi connectivity index (χ0) is 0. The third-order valence-corrected chi connectivity index (χ3v) is 0. The summed E-state index contributed by atoms with van der Waals surface area (Å²) in [6.45, 7) is 0. The fraction of sp³-hybridized carbons (Fsp3) is 0. The van der Waals surface area contributed by atoms with E-state index < -0.39 is 0 Å². The minimum Gasteiger partial charge on any atom is -0.412 e. The average molecular weight is 127 g/mol. The summed E-state index contributed by atoms with van der Waals surface area (Å²) in [7, 11) is 0. The smallest absolute Gasteiger partial charge is 0.147 e. The maximum atomic E-state index is 0. The van der Waals surface area contributed by atoms with Gasteiger partial charge in [0.15, 0.2) is 0 Å². The average Bonchev–Trinajstić information content (AvgIpc) is 0. The second kappa shape index (κ2) is 44.5. The van der Waals surface area contributed by atoms with Crippen LogP contribution in [-0.2, 0) is 0 Å². The lowest BCUT2D eigenvalue weighted by atomic mass is 16.0. The molecule has 0 spiro atoms. The van der Waals surface area contributed by atoms with E-state index in [0.717, 1.165) is 0 Å². The number of halogens is 3. The first-order chi connectivity index (χ1) is 0. The van der Waals surface area contributed by atoms with Gasteiger partial charge in [0.1, 0.15) is 0 Å². The molecule has 0 aromatic carbocycles.